The summed E-state index contributed by atoms with van der Waals surface area (Å²) >= 11 is 0. The van der Waals surface area contributed by atoms with E-state index in [4.69, 9.17) is 56.8 Å². The largest absolute Gasteiger partial charge is 0.508 e. The maximum atomic E-state index is 14.0. The Balaban J connectivity index is 1.18. The minimum Gasteiger partial charge on any atom is -0.508 e. The molecule has 3 saturated heterocycles. The molecule has 0 spiro atoms. The van der Waals surface area contributed by atoms with Crippen molar-refractivity contribution in [3.63, 3.8) is 0 Å². The van der Waals surface area contributed by atoms with Crippen molar-refractivity contribution in [1.29, 1.82) is 0 Å². The SMILES string of the molecule is CC=C1[C@@H](O[C@H]2O[C@@H](CO)[C@H](O)[C@H](O)[C@@H]2O)OC=C(C(=O)OC)[C@@H]1CC(=O)OC[C@@H]1O[C@H](OC(=O)CCc2ccc(O)cc2)[C@@H](OC(=O)C[C@H]2C(C(=O)OC)=CO[C@H](O[C@H]3O[C@@H](CO)[C@H](O)[C@H](O)[C@@H]3O)C2=CC)[C@H](O)[C@H]1O. The molecule has 0 saturated carbocycles. The van der Waals surface area contributed by atoms with E-state index in [0.29, 0.717) is 5.56 Å². The third-order valence-electron chi connectivity index (χ3n) is 13.3. The number of aliphatic hydroxyl groups is 10. The first-order valence-corrected chi connectivity index (χ1v) is 24.2. The van der Waals surface area contributed by atoms with Gasteiger partial charge in [0.15, 0.2) is 18.7 Å². The number of methoxy groups -OCH3 is 2. The van der Waals surface area contributed by atoms with E-state index < -0.39 is 179 Å². The van der Waals surface area contributed by atoms with E-state index in [1.54, 1.807) is 0 Å². The van der Waals surface area contributed by atoms with Crippen LogP contribution in [0.25, 0.3) is 0 Å². The van der Waals surface area contributed by atoms with Crippen LogP contribution in [0.5, 0.6) is 5.75 Å². The summed E-state index contributed by atoms with van der Waals surface area (Å²) in [6.45, 7) is 0.520. The fourth-order valence-electron chi connectivity index (χ4n) is 8.98. The Morgan fingerprint density at radius 1 is 0.558 bits per heavy atom. The number of aliphatic hydroxyl groups excluding tert-OH is 10. The number of ether oxygens (including phenoxy) is 12. The van der Waals surface area contributed by atoms with E-state index in [1.807, 2.05) is 0 Å². The first-order chi connectivity index (χ1) is 36.7. The van der Waals surface area contributed by atoms with Crippen LogP contribution >= 0.6 is 0 Å². The molecular formula is C49H64O28. The highest BCUT2D eigenvalue weighted by atomic mass is 16.8. The van der Waals surface area contributed by atoms with Gasteiger partial charge in [-0.25, -0.2) is 9.59 Å². The Bertz CT molecular complexity index is 2330. The van der Waals surface area contributed by atoms with Crippen molar-refractivity contribution in [3.05, 3.63) is 76.8 Å². The molecule has 5 aliphatic rings. The van der Waals surface area contributed by atoms with Crippen LogP contribution in [-0.4, -0.2) is 225 Å². The van der Waals surface area contributed by atoms with Gasteiger partial charge < -0.3 is 113 Å². The van der Waals surface area contributed by atoms with E-state index in [-0.39, 0.29) is 40.9 Å². The lowest BCUT2D eigenvalue weighted by Crippen LogP contribution is -2.61. The van der Waals surface area contributed by atoms with E-state index in [0.717, 1.165) is 26.7 Å². The molecule has 0 aliphatic carbocycles. The summed E-state index contributed by atoms with van der Waals surface area (Å²) in [6, 6.07) is 5.85. The molecule has 428 valence electrons. The van der Waals surface area contributed by atoms with Crippen LogP contribution in [0.1, 0.15) is 38.7 Å². The molecule has 0 bridgehead atoms. The summed E-state index contributed by atoms with van der Waals surface area (Å²) in [7, 11) is 2.10. The smallest absolute Gasteiger partial charge is 0.337 e. The zero-order valence-corrected chi connectivity index (χ0v) is 41.9. The maximum Gasteiger partial charge on any atom is 0.337 e. The number of esters is 5. The third kappa shape index (κ3) is 14.2. The van der Waals surface area contributed by atoms with Gasteiger partial charge in [-0.05, 0) is 38.0 Å². The van der Waals surface area contributed by atoms with Gasteiger partial charge in [0, 0.05) is 29.4 Å². The summed E-state index contributed by atoms with van der Waals surface area (Å²) in [5.74, 6) is -7.79. The number of phenols is 1. The molecule has 1 aromatic rings. The zero-order valence-electron chi connectivity index (χ0n) is 41.9. The van der Waals surface area contributed by atoms with Crippen molar-refractivity contribution in [2.24, 2.45) is 11.8 Å². The lowest BCUT2D eigenvalue weighted by atomic mass is 9.86. The second kappa shape index (κ2) is 27.3. The van der Waals surface area contributed by atoms with E-state index in [2.05, 4.69) is 0 Å². The second-order valence-electron chi connectivity index (χ2n) is 18.1. The molecule has 3 fully saturated rings. The van der Waals surface area contributed by atoms with Gasteiger partial charge in [0.25, 0.3) is 0 Å². The summed E-state index contributed by atoms with van der Waals surface area (Å²) < 4.78 is 66.0. The van der Waals surface area contributed by atoms with E-state index in [1.165, 1.54) is 50.3 Å². The molecule has 11 N–H and O–H groups in total. The predicted octanol–water partition coefficient (Wildman–Crippen LogP) is -3.87. The highest BCUT2D eigenvalue weighted by Crippen LogP contribution is 2.39. The first-order valence-electron chi connectivity index (χ1n) is 24.2. The minimum atomic E-state index is -2.15. The van der Waals surface area contributed by atoms with Gasteiger partial charge in [0.1, 0.15) is 79.5 Å². The van der Waals surface area contributed by atoms with Gasteiger partial charge in [0.2, 0.25) is 18.9 Å². The number of carbonyl (C=O) groups is 5. The van der Waals surface area contributed by atoms with Gasteiger partial charge in [-0.3, -0.25) is 14.4 Å². The van der Waals surface area contributed by atoms with Crippen molar-refractivity contribution in [2.75, 3.05) is 34.0 Å². The van der Waals surface area contributed by atoms with Crippen LogP contribution in [0.3, 0.4) is 0 Å². The molecule has 1 aromatic carbocycles. The number of carbonyl (C=O) groups excluding carboxylic acids is 5. The highest BCUT2D eigenvalue weighted by Gasteiger charge is 2.52. The predicted molar refractivity (Wildman–Crippen MR) is 247 cm³/mol. The molecule has 0 amide bonds. The van der Waals surface area contributed by atoms with Crippen LogP contribution in [0, 0.1) is 11.8 Å². The summed E-state index contributed by atoms with van der Waals surface area (Å²) in [5.41, 5.74) is 0.208. The molecule has 19 atom stereocenters. The van der Waals surface area contributed by atoms with E-state index >= 15 is 0 Å². The lowest BCUT2D eigenvalue weighted by Gasteiger charge is -2.42. The summed E-state index contributed by atoms with van der Waals surface area (Å²) in [6.07, 6.45) is -27.2. The Morgan fingerprint density at radius 3 is 1.47 bits per heavy atom. The number of phenolic OH excluding ortho intramolecular Hbond substituents is 1. The second-order valence-corrected chi connectivity index (χ2v) is 18.1. The molecule has 0 radical (unpaired) electrons. The molecule has 0 unspecified atom stereocenters. The number of aryl methyl sites for hydroxylation is 1. The Morgan fingerprint density at radius 2 is 1.01 bits per heavy atom. The van der Waals surface area contributed by atoms with Gasteiger partial charge >= 0.3 is 29.8 Å². The van der Waals surface area contributed by atoms with Crippen molar-refractivity contribution in [2.45, 2.75) is 144 Å². The molecule has 5 heterocycles. The fourth-order valence-corrected chi connectivity index (χ4v) is 8.98. The van der Waals surface area contributed by atoms with Gasteiger partial charge in [0.05, 0.1) is 63.9 Å². The maximum absolute atomic E-state index is 14.0. The zero-order chi connectivity index (χ0) is 56.4. The number of allylic oxidation sites excluding steroid dienone is 2. The topological polar surface area (TPSA) is 419 Å². The Kier molecular flexibility index (Phi) is 21.5. The standard InChI is InChI=1S/C49H64O28/c1-5-22-24(26(43(64)66-3)17-69-45(22)76-47-40(62)37(59)34(56)28(15-50)71-47)13-32(54)68-19-30-36(58)39(61)42(49(73-30)75-31(53)12-9-20-7-10-21(52)11-8-20)74-33(55)14-25-23(6-2)46(70-18-27(25)44(65)67-4)77-48-41(63)38(60)35(57)29(16-51)72-48/h5-8,10-11,17-18,24-25,28-30,34-42,45-52,56-63H,9,12-16,19H2,1-4H3/t24-,25-,28+,29+,30+,34+,35+,36+,37+,38+,39-,40+,41+,42+,45-,46-,47-,48-,49-/m1/s1. The fraction of sp³-hybridized carbons (Fsp3) is 0.612. The highest BCUT2D eigenvalue weighted by molar-refractivity contribution is 5.91. The van der Waals surface area contributed by atoms with Gasteiger partial charge in [-0.2, -0.15) is 0 Å². The van der Waals surface area contributed by atoms with Crippen LogP contribution in [-0.2, 0) is 87.2 Å². The molecule has 28 heteroatoms. The molecule has 0 aromatic heterocycles. The molecular weight excluding hydrogens is 1040 g/mol. The number of hydrogen-bond acceptors (Lipinski definition) is 28. The van der Waals surface area contributed by atoms with Crippen molar-refractivity contribution >= 4 is 29.8 Å². The molecule has 6 rings (SSSR count). The first kappa shape index (κ1) is 60.6. The summed E-state index contributed by atoms with van der Waals surface area (Å²) in [4.78, 5) is 67.1. The number of aromatic hydroxyl groups is 1. The van der Waals surface area contributed by atoms with Crippen molar-refractivity contribution < 1.29 is 137 Å². The van der Waals surface area contributed by atoms with Crippen molar-refractivity contribution in [1.82, 2.24) is 0 Å². The van der Waals surface area contributed by atoms with Crippen molar-refractivity contribution in [3.8, 4) is 5.75 Å². The van der Waals surface area contributed by atoms with Crippen LogP contribution in [0.15, 0.2) is 71.2 Å². The van der Waals surface area contributed by atoms with Gasteiger partial charge in [-0.1, -0.05) is 24.3 Å². The number of benzene rings is 1. The van der Waals surface area contributed by atoms with Crippen LogP contribution in [0.2, 0.25) is 0 Å². The monoisotopic (exact) mass is 1100 g/mol. The third-order valence-corrected chi connectivity index (χ3v) is 13.3. The van der Waals surface area contributed by atoms with E-state index in [9.17, 15) is 80.1 Å². The molecule has 5 aliphatic heterocycles. The Hall–Kier alpha value is -5.67. The van der Waals surface area contributed by atoms with Crippen LogP contribution in [0.4, 0.5) is 0 Å². The number of rotatable bonds is 19. The Labute approximate surface area is 438 Å². The quantitative estimate of drug-likeness (QED) is 0.0359. The molecule has 28 nitrogen and oxygen atoms in total. The normalized spacial score (nSPS) is 36.3. The van der Waals surface area contributed by atoms with Gasteiger partial charge in [-0.15, -0.1) is 0 Å². The average Bonchev–Trinajstić information content (AvgIpc) is 3.42. The number of hydrogen-bond donors (Lipinski definition) is 11. The lowest BCUT2D eigenvalue weighted by molar-refractivity contribution is -0.327. The van der Waals surface area contributed by atoms with Crippen LogP contribution < -0.4 is 0 Å². The minimum absolute atomic E-state index is 0.0229. The average molecular weight is 1100 g/mol. The molecule has 77 heavy (non-hydrogen) atoms. The summed E-state index contributed by atoms with van der Waals surface area (Å²) in [5, 5.41) is 114.